The molecule has 0 spiro atoms. The average Bonchev–Trinajstić information content (AvgIpc) is 3.08. The number of hydrogen-bond donors (Lipinski definition) is 1. The zero-order valence-electron chi connectivity index (χ0n) is 20.5. The molecule has 0 aromatic heterocycles. The molecule has 8 nitrogen and oxygen atoms in total. The summed E-state index contributed by atoms with van der Waals surface area (Å²) in [6.45, 7) is 7.15. The van der Waals surface area contributed by atoms with Crippen LogP contribution in [0.5, 0.6) is 0 Å². The monoisotopic (exact) mass is 471 g/mol. The number of aliphatic hydroxyl groups is 1. The van der Waals surface area contributed by atoms with Crippen LogP contribution in [-0.2, 0) is 28.7 Å². The topological polar surface area (TPSA) is 110 Å². The largest absolute Gasteiger partial charge is 0.465 e. The molecule has 0 saturated heterocycles. The number of rotatable bonds is 10. The molecule has 3 rings (SSSR count). The molecular weight excluding hydrogens is 438 g/mol. The Morgan fingerprint density at radius 3 is 2.53 bits per heavy atom. The summed E-state index contributed by atoms with van der Waals surface area (Å²) in [6, 6.07) is 0. The zero-order chi connectivity index (χ0) is 25.2. The molecule has 2 atom stereocenters. The highest BCUT2D eigenvalue weighted by atomic mass is 16.6. The van der Waals surface area contributed by atoms with Crippen LogP contribution in [0.1, 0.15) is 59.8 Å². The number of ether oxygens (including phenoxy) is 2. The summed E-state index contributed by atoms with van der Waals surface area (Å²) < 4.78 is 10.6. The van der Waals surface area contributed by atoms with Crippen molar-refractivity contribution in [3.63, 3.8) is 0 Å². The second kappa shape index (κ2) is 10.1. The van der Waals surface area contributed by atoms with Crippen molar-refractivity contribution in [2.75, 3.05) is 20.3 Å². The van der Waals surface area contributed by atoms with Gasteiger partial charge >= 0.3 is 11.9 Å². The fourth-order valence-electron chi connectivity index (χ4n) is 4.77. The highest BCUT2D eigenvalue weighted by Crippen LogP contribution is 2.49. The lowest BCUT2D eigenvalue weighted by Gasteiger charge is -2.36. The number of β-amino-alcohol motifs (C(OH)–C–C–N with tert-alkyl or cyclic N) is 1. The maximum atomic E-state index is 13.6. The summed E-state index contributed by atoms with van der Waals surface area (Å²) in [4.78, 5) is 54.7. The molecule has 8 heteroatoms. The Kier molecular flexibility index (Phi) is 7.60. The summed E-state index contributed by atoms with van der Waals surface area (Å²) in [5.41, 5.74) is -0.927. The number of Topliss-reactive ketones (excluding diaryl/α,β-unsaturated/α-hetero) is 2. The van der Waals surface area contributed by atoms with Gasteiger partial charge in [-0.25, -0.2) is 9.59 Å². The molecule has 0 bridgehead atoms. The minimum atomic E-state index is -1.81. The van der Waals surface area contributed by atoms with Gasteiger partial charge in [0.2, 0.25) is 5.78 Å². The number of carbonyl (C=O) groups excluding carboxylic acids is 4. The van der Waals surface area contributed by atoms with Crippen LogP contribution in [0.15, 0.2) is 45.8 Å². The minimum absolute atomic E-state index is 0.00781. The number of ketones is 2. The standard InChI is InChI=1S/C26H33NO7/c1-6-7-8-9-10-15(2)22(29)20-21-19(24(31)33-5)17-13-16(3)27(11-12-28)14-18(17)23(30)26(21,4)34-25(20)32/h13-15,28H,6-12H2,1-5H3. The maximum Gasteiger partial charge on any atom is 0.343 e. The summed E-state index contributed by atoms with van der Waals surface area (Å²) in [5.74, 6) is -3.07. The van der Waals surface area contributed by atoms with Gasteiger partial charge in [-0.15, -0.1) is 0 Å². The van der Waals surface area contributed by atoms with Crippen molar-refractivity contribution in [1.82, 2.24) is 4.90 Å². The molecule has 0 fully saturated rings. The van der Waals surface area contributed by atoms with E-state index in [2.05, 4.69) is 6.92 Å². The first-order valence-corrected chi connectivity index (χ1v) is 11.8. The van der Waals surface area contributed by atoms with Crippen molar-refractivity contribution in [2.45, 2.75) is 65.4 Å². The fourth-order valence-corrected chi connectivity index (χ4v) is 4.77. The van der Waals surface area contributed by atoms with Crippen LogP contribution < -0.4 is 0 Å². The predicted molar refractivity (Wildman–Crippen MR) is 124 cm³/mol. The number of allylic oxidation sites excluding steroid dienone is 3. The van der Waals surface area contributed by atoms with Crippen LogP contribution in [0.3, 0.4) is 0 Å². The number of fused-ring (bicyclic) bond motifs is 2. The highest BCUT2D eigenvalue weighted by Gasteiger charge is 2.58. The summed E-state index contributed by atoms with van der Waals surface area (Å²) in [5, 5.41) is 9.37. The Bertz CT molecular complexity index is 1050. The van der Waals surface area contributed by atoms with E-state index in [1.165, 1.54) is 20.2 Å². The van der Waals surface area contributed by atoms with Gasteiger partial charge in [0.25, 0.3) is 0 Å². The van der Waals surface area contributed by atoms with E-state index in [9.17, 15) is 24.3 Å². The van der Waals surface area contributed by atoms with Crippen LogP contribution in [0.25, 0.3) is 0 Å². The maximum absolute atomic E-state index is 13.6. The van der Waals surface area contributed by atoms with Gasteiger partial charge in [0.1, 0.15) is 5.57 Å². The third kappa shape index (κ3) is 4.27. The molecular formula is C26H33NO7. The molecule has 0 radical (unpaired) electrons. The Morgan fingerprint density at radius 2 is 1.91 bits per heavy atom. The van der Waals surface area contributed by atoms with E-state index in [1.807, 2.05) is 0 Å². The lowest BCUT2D eigenvalue weighted by molar-refractivity contribution is -0.153. The summed E-state index contributed by atoms with van der Waals surface area (Å²) in [7, 11) is 1.21. The van der Waals surface area contributed by atoms with E-state index in [4.69, 9.17) is 9.47 Å². The van der Waals surface area contributed by atoms with Crippen molar-refractivity contribution < 1.29 is 33.8 Å². The molecule has 3 aliphatic rings. The lowest BCUT2D eigenvalue weighted by Crippen LogP contribution is -2.45. The normalized spacial score (nSPS) is 22.7. The third-order valence-electron chi connectivity index (χ3n) is 6.72. The van der Waals surface area contributed by atoms with Crippen molar-refractivity contribution in [3.05, 3.63) is 45.8 Å². The zero-order valence-corrected chi connectivity index (χ0v) is 20.5. The smallest absolute Gasteiger partial charge is 0.343 e. The minimum Gasteiger partial charge on any atom is -0.465 e. The Hall–Kier alpha value is -3.00. The molecule has 34 heavy (non-hydrogen) atoms. The molecule has 0 amide bonds. The lowest BCUT2D eigenvalue weighted by atomic mass is 9.71. The summed E-state index contributed by atoms with van der Waals surface area (Å²) in [6.07, 6.45) is 7.74. The van der Waals surface area contributed by atoms with Crippen molar-refractivity contribution in [1.29, 1.82) is 0 Å². The van der Waals surface area contributed by atoms with Gasteiger partial charge < -0.3 is 19.5 Å². The Labute approximate surface area is 200 Å². The molecule has 1 N–H and O–H groups in total. The van der Waals surface area contributed by atoms with Gasteiger partial charge in [-0.05, 0) is 26.3 Å². The number of unbranched alkanes of at least 4 members (excludes halogenated alkanes) is 3. The molecule has 2 heterocycles. The molecule has 0 aromatic carbocycles. The van der Waals surface area contributed by atoms with Gasteiger partial charge in [0.15, 0.2) is 11.4 Å². The number of nitrogens with zero attached hydrogens (tertiary/aromatic N) is 1. The van der Waals surface area contributed by atoms with Gasteiger partial charge in [0.05, 0.1) is 19.3 Å². The van der Waals surface area contributed by atoms with Crippen LogP contribution in [0, 0.1) is 5.92 Å². The second-order valence-electron chi connectivity index (χ2n) is 9.14. The first-order valence-electron chi connectivity index (χ1n) is 11.8. The molecule has 1 aliphatic carbocycles. The molecule has 2 unspecified atom stereocenters. The number of esters is 2. The average molecular weight is 472 g/mol. The Morgan fingerprint density at radius 1 is 1.21 bits per heavy atom. The molecule has 184 valence electrons. The second-order valence-corrected chi connectivity index (χ2v) is 9.14. The van der Waals surface area contributed by atoms with Crippen LogP contribution >= 0.6 is 0 Å². The fraction of sp³-hybridized carbons (Fsp3) is 0.538. The number of methoxy groups -OCH3 is 1. The van der Waals surface area contributed by atoms with Crippen molar-refractivity contribution >= 4 is 23.5 Å². The van der Waals surface area contributed by atoms with E-state index in [1.54, 1.807) is 24.8 Å². The van der Waals surface area contributed by atoms with E-state index in [0.717, 1.165) is 25.7 Å². The third-order valence-corrected chi connectivity index (χ3v) is 6.72. The van der Waals surface area contributed by atoms with Gasteiger partial charge in [-0.2, -0.15) is 0 Å². The van der Waals surface area contributed by atoms with E-state index >= 15 is 0 Å². The van der Waals surface area contributed by atoms with Gasteiger partial charge in [0, 0.05) is 41.1 Å². The van der Waals surface area contributed by atoms with Crippen molar-refractivity contribution in [3.8, 4) is 0 Å². The quantitative estimate of drug-likeness (QED) is 0.294. The molecule has 2 aliphatic heterocycles. The SMILES string of the molecule is CCCCCCC(C)C(=O)C1=C2C(C(=O)OC)=C3C=C(C)N(CCO)C=C3C(=O)C2(C)OC1=O. The Balaban J connectivity index is 2.18. The molecule has 0 aromatic rings. The summed E-state index contributed by atoms with van der Waals surface area (Å²) >= 11 is 0. The number of carbonyl (C=O) groups is 4. The van der Waals surface area contributed by atoms with Crippen molar-refractivity contribution in [2.24, 2.45) is 5.92 Å². The van der Waals surface area contributed by atoms with Gasteiger partial charge in [-0.1, -0.05) is 39.5 Å². The number of aliphatic hydroxyl groups excluding tert-OH is 1. The predicted octanol–water partition coefficient (Wildman–Crippen LogP) is 2.92. The van der Waals surface area contributed by atoms with E-state index in [-0.39, 0.29) is 41.0 Å². The number of hydrogen-bond acceptors (Lipinski definition) is 8. The first kappa shape index (κ1) is 25.6. The van der Waals surface area contributed by atoms with E-state index in [0.29, 0.717) is 12.1 Å². The molecule has 0 saturated carbocycles. The van der Waals surface area contributed by atoms with Gasteiger partial charge in [-0.3, -0.25) is 9.59 Å². The highest BCUT2D eigenvalue weighted by molar-refractivity contribution is 6.28. The van der Waals surface area contributed by atoms with Crippen LogP contribution in [0.4, 0.5) is 0 Å². The van der Waals surface area contributed by atoms with Crippen LogP contribution in [-0.4, -0.2) is 59.4 Å². The van der Waals surface area contributed by atoms with E-state index < -0.39 is 35.0 Å². The first-order chi connectivity index (χ1) is 16.1. The van der Waals surface area contributed by atoms with Crippen LogP contribution in [0.2, 0.25) is 0 Å².